The summed E-state index contributed by atoms with van der Waals surface area (Å²) in [6.45, 7) is 0.944. The SMILES string of the molecule is CN(Cc1ncn[nH]1)C(=O)Cc1ccc(CN)cc1. The largest absolute Gasteiger partial charge is 0.338 e. The van der Waals surface area contributed by atoms with E-state index in [4.69, 9.17) is 5.73 Å². The standard InChI is InChI=1S/C13H17N5O/c1-18(8-12-15-9-16-17-12)13(19)6-10-2-4-11(7-14)5-3-10/h2-5,9H,6-8,14H2,1H3,(H,15,16,17). The van der Waals surface area contributed by atoms with Crippen LogP contribution in [0, 0.1) is 0 Å². The molecule has 1 aromatic carbocycles. The first-order valence-electron chi connectivity index (χ1n) is 6.05. The van der Waals surface area contributed by atoms with Gasteiger partial charge in [0.05, 0.1) is 13.0 Å². The van der Waals surface area contributed by atoms with Gasteiger partial charge in [0, 0.05) is 13.6 Å². The Balaban J connectivity index is 1.92. The van der Waals surface area contributed by atoms with Crippen molar-refractivity contribution in [2.24, 2.45) is 5.73 Å². The lowest BCUT2D eigenvalue weighted by molar-refractivity contribution is -0.129. The second kappa shape index (κ2) is 6.10. The molecule has 0 saturated heterocycles. The number of nitrogens with one attached hydrogen (secondary N) is 1. The Morgan fingerprint density at radius 2 is 2.00 bits per heavy atom. The Bertz CT molecular complexity index is 520. The van der Waals surface area contributed by atoms with Gasteiger partial charge in [-0.05, 0) is 11.1 Å². The van der Waals surface area contributed by atoms with Gasteiger partial charge >= 0.3 is 0 Å². The second-order valence-electron chi connectivity index (χ2n) is 4.38. The van der Waals surface area contributed by atoms with Crippen LogP contribution in [0.4, 0.5) is 0 Å². The quantitative estimate of drug-likeness (QED) is 0.816. The molecule has 1 amide bonds. The highest BCUT2D eigenvalue weighted by Gasteiger charge is 2.11. The molecule has 3 N–H and O–H groups in total. The van der Waals surface area contributed by atoms with Crippen molar-refractivity contribution >= 4 is 5.91 Å². The van der Waals surface area contributed by atoms with Crippen molar-refractivity contribution in [3.63, 3.8) is 0 Å². The Morgan fingerprint density at radius 1 is 1.32 bits per heavy atom. The first kappa shape index (κ1) is 13.2. The summed E-state index contributed by atoms with van der Waals surface area (Å²) < 4.78 is 0. The third-order valence-corrected chi connectivity index (χ3v) is 2.89. The Morgan fingerprint density at radius 3 is 2.58 bits per heavy atom. The number of rotatable bonds is 5. The zero-order chi connectivity index (χ0) is 13.7. The van der Waals surface area contributed by atoms with Crippen molar-refractivity contribution in [2.45, 2.75) is 19.5 Å². The number of nitrogens with zero attached hydrogens (tertiary/aromatic N) is 3. The molecule has 0 aliphatic rings. The monoisotopic (exact) mass is 259 g/mol. The zero-order valence-corrected chi connectivity index (χ0v) is 10.8. The van der Waals surface area contributed by atoms with Gasteiger partial charge in [-0.1, -0.05) is 24.3 Å². The molecule has 100 valence electrons. The maximum Gasteiger partial charge on any atom is 0.227 e. The highest BCUT2D eigenvalue weighted by molar-refractivity contribution is 5.78. The molecule has 6 nitrogen and oxygen atoms in total. The van der Waals surface area contributed by atoms with E-state index in [1.54, 1.807) is 11.9 Å². The molecule has 0 aliphatic heterocycles. The number of hydrogen-bond acceptors (Lipinski definition) is 4. The summed E-state index contributed by atoms with van der Waals surface area (Å²) in [5.41, 5.74) is 7.57. The number of likely N-dealkylation sites (N-methyl/N-ethyl adjacent to an activating group) is 1. The highest BCUT2D eigenvalue weighted by Crippen LogP contribution is 2.06. The molecule has 1 heterocycles. The average Bonchev–Trinajstić information content (AvgIpc) is 2.92. The Kier molecular flexibility index (Phi) is 4.25. The number of aromatic amines is 1. The third-order valence-electron chi connectivity index (χ3n) is 2.89. The molecule has 2 rings (SSSR count). The highest BCUT2D eigenvalue weighted by atomic mass is 16.2. The fourth-order valence-corrected chi connectivity index (χ4v) is 1.72. The van der Waals surface area contributed by atoms with Gasteiger partial charge in [0.25, 0.3) is 0 Å². The van der Waals surface area contributed by atoms with Crippen molar-refractivity contribution < 1.29 is 4.79 Å². The van der Waals surface area contributed by atoms with Crippen LogP contribution < -0.4 is 5.73 Å². The van der Waals surface area contributed by atoms with E-state index in [1.807, 2.05) is 24.3 Å². The first-order valence-corrected chi connectivity index (χ1v) is 6.05. The normalized spacial score (nSPS) is 10.4. The van der Waals surface area contributed by atoms with Gasteiger partial charge in [0.1, 0.15) is 12.2 Å². The van der Waals surface area contributed by atoms with Gasteiger partial charge in [-0.3, -0.25) is 9.89 Å². The number of amides is 1. The molecule has 1 aromatic heterocycles. The third kappa shape index (κ3) is 3.62. The minimum Gasteiger partial charge on any atom is -0.338 e. The summed E-state index contributed by atoms with van der Waals surface area (Å²) >= 11 is 0. The summed E-state index contributed by atoms with van der Waals surface area (Å²) in [5.74, 6) is 0.714. The van der Waals surface area contributed by atoms with Crippen molar-refractivity contribution in [3.05, 3.63) is 47.5 Å². The summed E-state index contributed by atoms with van der Waals surface area (Å²) in [7, 11) is 1.75. The van der Waals surface area contributed by atoms with Crippen LogP contribution >= 0.6 is 0 Å². The molecule has 0 fully saturated rings. The van der Waals surface area contributed by atoms with Gasteiger partial charge in [-0.2, -0.15) is 5.10 Å². The maximum atomic E-state index is 12.0. The number of H-pyrrole nitrogens is 1. The van der Waals surface area contributed by atoms with Crippen molar-refractivity contribution in [1.82, 2.24) is 20.1 Å². The van der Waals surface area contributed by atoms with E-state index in [1.165, 1.54) is 6.33 Å². The first-order chi connectivity index (χ1) is 9.19. The van der Waals surface area contributed by atoms with Crippen LogP contribution in [0.15, 0.2) is 30.6 Å². The van der Waals surface area contributed by atoms with E-state index < -0.39 is 0 Å². The molecular formula is C13H17N5O. The Hall–Kier alpha value is -2.21. The molecular weight excluding hydrogens is 242 g/mol. The fraction of sp³-hybridized carbons (Fsp3) is 0.308. The minimum absolute atomic E-state index is 0.0388. The number of carbonyl (C=O) groups is 1. The van der Waals surface area contributed by atoms with E-state index in [2.05, 4.69) is 15.2 Å². The topological polar surface area (TPSA) is 87.9 Å². The summed E-state index contributed by atoms with van der Waals surface area (Å²) in [6.07, 6.45) is 1.80. The number of benzene rings is 1. The number of hydrogen-bond donors (Lipinski definition) is 2. The predicted octanol–water partition coefficient (Wildman–Crippen LogP) is 0.464. The zero-order valence-electron chi connectivity index (χ0n) is 10.8. The van der Waals surface area contributed by atoms with Crippen molar-refractivity contribution in [2.75, 3.05) is 7.05 Å². The molecule has 0 bridgehead atoms. The number of aromatic nitrogens is 3. The molecule has 0 saturated carbocycles. The molecule has 0 unspecified atom stereocenters. The molecule has 0 aliphatic carbocycles. The van der Waals surface area contributed by atoms with Crippen LogP contribution in [0.3, 0.4) is 0 Å². The van der Waals surface area contributed by atoms with Crippen molar-refractivity contribution in [1.29, 1.82) is 0 Å². The Labute approximate surface area is 111 Å². The van der Waals surface area contributed by atoms with Gasteiger partial charge in [-0.15, -0.1) is 0 Å². The van der Waals surface area contributed by atoms with E-state index in [-0.39, 0.29) is 5.91 Å². The van der Waals surface area contributed by atoms with Crippen molar-refractivity contribution in [3.8, 4) is 0 Å². The van der Waals surface area contributed by atoms with Crippen LogP contribution in [0.1, 0.15) is 17.0 Å². The van der Waals surface area contributed by atoms with Crippen LogP contribution in [0.25, 0.3) is 0 Å². The van der Waals surface area contributed by atoms with Gasteiger partial charge in [0.15, 0.2) is 0 Å². The number of nitrogens with two attached hydrogens (primary N) is 1. The molecule has 6 heteroatoms. The van der Waals surface area contributed by atoms with Gasteiger partial charge < -0.3 is 10.6 Å². The van der Waals surface area contributed by atoms with E-state index in [9.17, 15) is 4.79 Å². The lowest BCUT2D eigenvalue weighted by atomic mass is 10.1. The van der Waals surface area contributed by atoms with Crippen LogP contribution in [0.5, 0.6) is 0 Å². The number of carbonyl (C=O) groups excluding carboxylic acids is 1. The van der Waals surface area contributed by atoms with Gasteiger partial charge in [0.2, 0.25) is 5.91 Å². The van der Waals surface area contributed by atoms with Gasteiger partial charge in [-0.25, -0.2) is 4.98 Å². The molecule has 0 spiro atoms. The summed E-state index contributed by atoms with van der Waals surface area (Å²) in [4.78, 5) is 17.6. The molecule has 19 heavy (non-hydrogen) atoms. The van der Waals surface area contributed by atoms with Crippen LogP contribution in [-0.2, 0) is 24.3 Å². The fourth-order valence-electron chi connectivity index (χ4n) is 1.72. The van der Waals surface area contributed by atoms with E-state index >= 15 is 0 Å². The summed E-state index contributed by atoms with van der Waals surface area (Å²) in [6, 6.07) is 7.75. The smallest absolute Gasteiger partial charge is 0.227 e. The van der Waals surface area contributed by atoms with Crippen LogP contribution in [0.2, 0.25) is 0 Å². The molecule has 0 atom stereocenters. The average molecular weight is 259 g/mol. The molecule has 0 radical (unpaired) electrons. The second-order valence-corrected chi connectivity index (χ2v) is 4.38. The lowest BCUT2D eigenvalue weighted by Gasteiger charge is -2.15. The molecule has 2 aromatic rings. The summed E-state index contributed by atoms with van der Waals surface area (Å²) in [5, 5.41) is 6.48. The maximum absolute atomic E-state index is 12.0. The van der Waals surface area contributed by atoms with Crippen LogP contribution in [-0.4, -0.2) is 33.0 Å². The minimum atomic E-state index is 0.0388. The lowest BCUT2D eigenvalue weighted by Crippen LogP contribution is -2.28. The van der Waals surface area contributed by atoms with E-state index in [0.29, 0.717) is 25.3 Å². The predicted molar refractivity (Wildman–Crippen MR) is 70.9 cm³/mol. The van der Waals surface area contributed by atoms with E-state index in [0.717, 1.165) is 11.1 Å².